The van der Waals surface area contributed by atoms with Crippen LogP contribution in [0.25, 0.3) is 0 Å². The van der Waals surface area contributed by atoms with Crippen LogP contribution >= 0.6 is 24.0 Å². The Kier molecular flexibility index (Phi) is 10.4. The molecule has 0 aromatic carbocycles. The molecule has 2 unspecified atom stereocenters. The second-order valence-electron chi connectivity index (χ2n) is 7.64. The lowest BCUT2D eigenvalue weighted by Crippen LogP contribution is -2.46. The number of pyridine rings is 1. The van der Waals surface area contributed by atoms with Gasteiger partial charge in [-0.1, -0.05) is 13.0 Å². The third kappa shape index (κ3) is 7.81. The minimum atomic E-state index is 0. The molecule has 1 saturated heterocycles. The molecule has 0 bridgehead atoms. The zero-order valence-corrected chi connectivity index (χ0v) is 19.9. The molecule has 0 spiro atoms. The third-order valence-electron chi connectivity index (χ3n) is 4.61. The van der Waals surface area contributed by atoms with Crippen molar-refractivity contribution in [3.8, 4) is 5.88 Å². The molecular weight excluding hydrogens is 453 g/mol. The molecule has 27 heavy (non-hydrogen) atoms. The molecule has 0 aliphatic carbocycles. The van der Waals surface area contributed by atoms with E-state index in [4.69, 9.17) is 9.73 Å². The van der Waals surface area contributed by atoms with Crippen molar-refractivity contribution in [3.63, 3.8) is 0 Å². The Balaban J connectivity index is 0.00000364. The SMILES string of the molecule is CCNC(=NCc1ccc(OC(C)C)nc1)NC1CN(C(C)C)CC1C.I. The second-order valence-corrected chi connectivity index (χ2v) is 7.64. The molecule has 1 aliphatic heterocycles. The molecule has 2 N–H and O–H groups in total. The molecule has 1 aromatic rings. The summed E-state index contributed by atoms with van der Waals surface area (Å²) in [6.45, 7) is 16.6. The molecule has 0 saturated carbocycles. The lowest BCUT2D eigenvalue weighted by Gasteiger charge is -2.22. The molecule has 1 aliphatic rings. The van der Waals surface area contributed by atoms with Crippen molar-refractivity contribution < 1.29 is 4.74 Å². The summed E-state index contributed by atoms with van der Waals surface area (Å²) >= 11 is 0. The van der Waals surface area contributed by atoms with Gasteiger partial charge in [-0.05, 0) is 46.1 Å². The second kappa shape index (κ2) is 11.7. The van der Waals surface area contributed by atoms with Crippen LogP contribution in [0, 0.1) is 5.92 Å². The molecule has 0 amide bonds. The lowest BCUT2D eigenvalue weighted by atomic mass is 10.1. The highest BCUT2D eigenvalue weighted by Gasteiger charge is 2.31. The van der Waals surface area contributed by atoms with Gasteiger partial charge in [0, 0.05) is 44.0 Å². The van der Waals surface area contributed by atoms with E-state index in [0.717, 1.165) is 31.2 Å². The topological polar surface area (TPSA) is 61.8 Å². The molecule has 2 atom stereocenters. The monoisotopic (exact) mass is 489 g/mol. The molecule has 1 aromatic heterocycles. The fourth-order valence-corrected chi connectivity index (χ4v) is 3.10. The first kappa shape index (κ1) is 23.9. The van der Waals surface area contributed by atoms with Gasteiger partial charge >= 0.3 is 0 Å². The van der Waals surface area contributed by atoms with Gasteiger partial charge in [0.1, 0.15) is 0 Å². The Hall–Kier alpha value is -1.09. The summed E-state index contributed by atoms with van der Waals surface area (Å²) in [5.74, 6) is 2.14. The number of ether oxygens (including phenoxy) is 1. The number of nitrogens with one attached hydrogen (secondary N) is 2. The van der Waals surface area contributed by atoms with Crippen LogP contribution in [-0.2, 0) is 6.54 Å². The Labute approximate surface area is 181 Å². The van der Waals surface area contributed by atoms with Crippen molar-refractivity contribution in [2.75, 3.05) is 19.6 Å². The normalized spacial score (nSPS) is 20.7. The summed E-state index contributed by atoms with van der Waals surface area (Å²) in [7, 11) is 0. The highest BCUT2D eigenvalue weighted by Crippen LogP contribution is 2.18. The number of halogens is 1. The van der Waals surface area contributed by atoms with Crippen molar-refractivity contribution in [1.82, 2.24) is 20.5 Å². The number of likely N-dealkylation sites (tertiary alicyclic amines) is 1. The molecule has 154 valence electrons. The highest BCUT2D eigenvalue weighted by atomic mass is 127. The van der Waals surface area contributed by atoms with Crippen molar-refractivity contribution in [2.24, 2.45) is 10.9 Å². The molecular formula is C20H36IN5O. The number of rotatable bonds is 7. The number of nitrogens with zero attached hydrogens (tertiary/aromatic N) is 3. The maximum atomic E-state index is 5.59. The Bertz CT molecular complexity index is 576. The van der Waals surface area contributed by atoms with Crippen molar-refractivity contribution >= 4 is 29.9 Å². The number of aromatic nitrogens is 1. The van der Waals surface area contributed by atoms with Gasteiger partial charge in [0.05, 0.1) is 12.6 Å². The van der Waals surface area contributed by atoms with E-state index in [-0.39, 0.29) is 30.1 Å². The number of aliphatic imine (C=N–C) groups is 1. The van der Waals surface area contributed by atoms with Crippen molar-refractivity contribution in [3.05, 3.63) is 23.9 Å². The van der Waals surface area contributed by atoms with Crippen LogP contribution in [-0.4, -0.2) is 53.7 Å². The van der Waals surface area contributed by atoms with Crippen LogP contribution in [0.5, 0.6) is 5.88 Å². The average Bonchev–Trinajstić information content (AvgIpc) is 2.95. The number of hydrogen-bond donors (Lipinski definition) is 2. The lowest BCUT2D eigenvalue weighted by molar-refractivity contribution is 0.232. The molecule has 2 rings (SSSR count). The van der Waals surface area contributed by atoms with Crippen LogP contribution in [0.3, 0.4) is 0 Å². The van der Waals surface area contributed by atoms with Gasteiger partial charge in [0.15, 0.2) is 5.96 Å². The predicted octanol–water partition coefficient (Wildman–Crippen LogP) is 3.27. The summed E-state index contributed by atoms with van der Waals surface area (Å²) in [4.78, 5) is 11.6. The standard InChI is InChI=1S/C20H35N5O.HI/c1-7-21-20(24-18-13-25(14(2)3)12-16(18)6)23-11-17-8-9-19(22-10-17)26-15(4)5;/h8-10,14-16,18H,7,11-13H2,1-6H3,(H2,21,23,24);1H. The number of guanidine groups is 1. The van der Waals surface area contributed by atoms with Crippen LogP contribution < -0.4 is 15.4 Å². The van der Waals surface area contributed by atoms with Gasteiger partial charge in [-0.3, -0.25) is 4.90 Å². The van der Waals surface area contributed by atoms with E-state index < -0.39 is 0 Å². The van der Waals surface area contributed by atoms with Gasteiger partial charge < -0.3 is 15.4 Å². The van der Waals surface area contributed by atoms with E-state index in [1.54, 1.807) is 0 Å². The van der Waals surface area contributed by atoms with E-state index >= 15 is 0 Å². The smallest absolute Gasteiger partial charge is 0.213 e. The zero-order valence-electron chi connectivity index (χ0n) is 17.5. The van der Waals surface area contributed by atoms with Crippen LogP contribution in [0.15, 0.2) is 23.3 Å². The maximum absolute atomic E-state index is 5.59. The molecule has 7 heteroatoms. The van der Waals surface area contributed by atoms with Gasteiger partial charge in [0.2, 0.25) is 5.88 Å². The van der Waals surface area contributed by atoms with Gasteiger partial charge in [-0.2, -0.15) is 0 Å². The fraction of sp³-hybridized carbons (Fsp3) is 0.700. The summed E-state index contributed by atoms with van der Waals surface area (Å²) in [5.41, 5.74) is 1.07. The molecule has 6 nitrogen and oxygen atoms in total. The van der Waals surface area contributed by atoms with E-state index in [9.17, 15) is 0 Å². The maximum Gasteiger partial charge on any atom is 0.213 e. The van der Waals surface area contributed by atoms with Gasteiger partial charge in [-0.25, -0.2) is 9.98 Å². The summed E-state index contributed by atoms with van der Waals surface area (Å²) in [6, 6.07) is 4.94. The molecule has 1 fully saturated rings. The summed E-state index contributed by atoms with van der Waals surface area (Å²) < 4.78 is 5.59. The number of hydrogen-bond acceptors (Lipinski definition) is 4. The van der Waals surface area contributed by atoms with Crippen LogP contribution in [0.4, 0.5) is 0 Å². The molecule has 2 heterocycles. The Morgan fingerprint density at radius 3 is 2.56 bits per heavy atom. The largest absolute Gasteiger partial charge is 0.475 e. The third-order valence-corrected chi connectivity index (χ3v) is 4.61. The van der Waals surface area contributed by atoms with E-state index in [0.29, 0.717) is 30.4 Å². The van der Waals surface area contributed by atoms with Gasteiger partial charge in [0.25, 0.3) is 0 Å². The van der Waals surface area contributed by atoms with E-state index in [1.807, 2.05) is 32.2 Å². The minimum Gasteiger partial charge on any atom is -0.475 e. The Morgan fingerprint density at radius 2 is 2.04 bits per heavy atom. The quantitative estimate of drug-likeness (QED) is 0.350. The van der Waals surface area contributed by atoms with E-state index in [1.165, 1.54) is 0 Å². The van der Waals surface area contributed by atoms with Crippen molar-refractivity contribution in [2.45, 2.75) is 66.3 Å². The molecule has 0 radical (unpaired) electrons. The van der Waals surface area contributed by atoms with Gasteiger partial charge in [-0.15, -0.1) is 24.0 Å². The highest BCUT2D eigenvalue weighted by molar-refractivity contribution is 14.0. The average molecular weight is 489 g/mol. The summed E-state index contributed by atoms with van der Waals surface area (Å²) in [6.07, 6.45) is 1.97. The zero-order chi connectivity index (χ0) is 19.1. The first-order chi connectivity index (χ1) is 12.4. The van der Waals surface area contributed by atoms with Crippen LogP contribution in [0.2, 0.25) is 0 Å². The Morgan fingerprint density at radius 1 is 1.30 bits per heavy atom. The first-order valence-electron chi connectivity index (χ1n) is 9.79. The van der Waals surface area contributed by atoms with Crippen LogP contribution in [0.1, 0.15) is 47.1 Å². The first-order valence-corrected chi connectivity index (χ1v) is 9.79. The van der Waals surface area contributed by atoms with E-state index in [2.05, 4.69) is 48.2 Å². The van der Waals surface area contributed by atoms with Crippen molar-refractivity contribution in [1.29, 1.82) is 0 Å². The summed E-state index contributed by atoms with van der Waals surface area (Å²) in [5, 5.41) is 6.97. The fourth-order valence-electron chi connectivity index (χ4n) is 3.10. The predicted molar refractivity (Wildman–Crippen MR) is 123 cm³/mol. The minimum absolute atomic E-state index is 0.